The van der Waals surface area contributed by atoms with E-state index >= 15 is 4.39 Å². The van der Waals surface area contributed by atoms with Crippen LogP contribution >= 0.6 is 0 Å². The van der Waals surface area contributed by atoms with Gasteiger partial charge < -0.3 is 9.84 Å². The molecule has 1 fully saturated rings. The van der Waals surface area contributed by atoms with E-state index in [0.717, 1.165) is 24.3 Å². The second-order valence-corrected chi connectivity index (χ2v) is 10.5. The zero-order chi connectivity index (χ0) is 23.3. The smallest absolute Gasteiger partial charge is 0.416 e. The molecule has 174 valence electrons. The first-order valence-corrected chi connectivity index (χ1v) is 11.6. The quantitative estimate of drug-likeness (QED) is 0.642. The minimum Gasteiger partial charge on any atom is -0.490 e. The summed E-state index contributed by atoms with van der Waals surface area (Å²) in [4.78, 5) is -0.396. The molecule has 0 radical (unpaired) electrons. The van der Waals surface area contributed by atoms with Gasteiger partial charge in [-0.2, -0.15) is 13.2 Å². The van der Waals surface area contributed by atoms with Crippen LogP contribution in [0.4, 0.5) is 22.0 Å². The van der Waals surface area contributed by atoms with Crippen LogP contribution in [0.25, 0.3) is 0 Å². The summed E-state index contributed by atoms with van der Waals surface area (Å²) in [5.74, 6) is -3.12. The van der Waals surface area contributed by atoms with Crippen LogP contribution < -0.4 is 4.74 Å². The van der Waals surface area contributed by atoms with E-state index in [2.05, 4.69) is 0 Å². The fraction of sp³-hybridized carbons (Fsp3) is 0.455. The number of ether oxygens (including phenoxy) is 1. The maximum Gasteiger partial charge on any atom is 0.416 e. The van der Waals surface area contributed by atoms with Crippen LogP contribution in [0.1, 0.15) is 36.8 Å². The van der Waals surface area contributed by atoms with Crippen LogP contribution in [0.2, 0.25) is 0 Å². The Morgan fingerprint density at radius 2 is 1.72 bits per heavy atom. The highest BCUT2D eigenvalue weighted by Gasteiger charge is 2.59. The number of hydrogen-bond acceptors (Lipinski definition) is 4. The van der Waals surface area contributed by atoms with E-state index in [4.69, 9.17) is 4.74 Å². The molecule has 0 spiro atoms. The van der Waals surface area contributed by atoms with Crippen molar-refractivity contribution < 1.29 is 40.2 Å². The third kappa shape index (κ3) is 3.48. The number of aliphatic hydroxyl groups excluding tert-OH is 1. The van der Waals surface area contributed by atoms with E-state index in [1.54, 1.807) is 0 Å². The van der Waals surface area contributed by atoms with Crippen LogP contribution in [0.3, 0.4) is 0 Å². The first-order chi connectivity index (χ1) is 15.0. The molecule has 1 saturated carbocycles. The number of benzene rings is 2. The molecule has 3 atom stereocenters. The maximum absolute atomic E-state index is 15.1. The molecule has 1 aliphatic carbocycles. The molecule has 0 saturated heterocycles. The number of fused-ring (bicyclic) bond motifs is 3. The Morgan fingerprint density at radius 1 is 1.06 bits per heavy atom. The van der Waals surface area contributed by atoms with Gasteiger partial charge in [0.25, 0.3) is 0 Å². The van der Waals surface area contributed by atoms with Crippen LogP contribution in [0.5, 0.6) is 5.75 Å². The van der Waals surface area contributed by atoms with Crippen LogP contribution in [0, 0.1) is 23.5 Å². The molecule has 2 aromatic rings. The second-order valence-electron chi connectivity index (χ2n) is 8.31. The Kier molecular flexibility index (Phi) is 5.73. The van der Waals surface area contributed by atoms with Gasteiger partial charge in [-0.25, -0.2) is 17.2 Å². The minimum absolute atomic E-state index is 0.0392. The average Bonchev–Trinajstić information content (AvgIpc) is 2.75. The zero-order valence-electron chi connectivity index (χ0n) is 16.8. The molecule has 10 heteroatoms. The number of aliphatic hydroxyl groups is 1. The molecule has 2 aliphatic rings. The molecule has 2 aromatic carbocycles. The SMILES string of the molecule is O=S(=O)(c1ccc(C(F)(F)F)cc1)[C@@]12CC[C@@H](CCO)C[C@@H]1COc1c(F)ccc(F)c12. The lowest BCUT2D eigenvalue weighted by Crippen LogP contribution is -2.52. The van der Waals surface area contributed by atoms with Crippen LogP contribution in [-0.4, -0.2) is 26.7 Å². The number of rotatable bonds is 4. The van der Waals surface area contributed by atoms with Gasteiger partial charge in [0.05, 0.1) is 22.6 Å². The predicted molar refractivity (Wildman–Crippen MR) is 105 cm³/mol. The Labute approximate surface area is 181 Å². The maximum atomic E-state index is 15.1. The van der Waals surface area contributed by atoms with Crippen molar-refractivity contribution in [2.24, 2.45) is 11.8 Å². The summed E-state index contributed by atoms with van der Waals surface area (Å²) in [6.45, 7) is -0.286. The molecule has 1 heterocycles. The number of alkyl halides is 3. The lowest BCUT2D eigenvalue weighted by atomic mass is 9.68. The van der Waals surface area contributed by atoms with E-state index in [-0.39, 0.29) is 32.0 Å². The van der Waals surface area contributed by atoms with Gasteiger partial charge in [0.15, 0.2) is 21.4 Å². The van der Waals surface area contributed by atoms with E-state index in [0.29, 0.717) is 25.0 Å². The van der Waals surface area contributed by atoms with Crippen molar-refractivity contribution in [2.75, 3.05) is 13.2 Å². The van der Waals surface area contributed by atoms with Gasteiger partial charge >= 0.3 is 6.18 Å². The molecule has 0 bridgehead atoms. The van der Waals surface area contributed by atoms with Gasteiger partial charge in [0, 0.05) is 12.5 Å². The second kappa shape index (κ2) is 7.98. The first kappa shape index (κ1) is 23.0. The number of halogens is 5. The van der Waals surface area contributed by atoms with Gasteiger partial charge in [-0.3, -0.25) is 0 Å². The Balaban J connectivity index is 1.91. The van der Waals surface area contributed by atoms with Crippen molar-refractivity contribution in [3.05, 3.63) is 59.2 Å². The van der Waals surface area contributed by atoms with Crippen LogP contribution in [0.15, 0.2) is 41.3 Å². The normalized spacial score (nSPS) is 25.6. The summed E-state index contributed by atoms with van der Waals surface area (Å²) in [5, 5.41) is 9.30. The topological polar surface area (TPSA) is 63.6 Å². The Morgan fingerprint density at radius 3 is 2.34 bits per heavy atom. The number of hydrogen-bond donors (Lipinski definition) is 1. The van der Waals surface area contributed by atoms with E-state index in [9.17, 15) is 31.1 Å². The molecule has 0 amide bonds. The first-order valence-electron chi connectivity index (χ1n) is 10.2. The largest absolute Gasteiger partial charge is 0.490 e. The zero-order valence-corrected chi connectivity index (χ0v) is 17.6. The summed E-state index contributed by atoms with van der Waals surface area (Å²) >= 11 is 0. The summed E-state index contributed by atoms with van der Waals surface area (Å²) in [7, 11) is -4.45. The minimum atomic E-state index is -4.65. The molecule has 1 N–H and O–H groups in total. The van der Waals surface area contributed by atoms with Crippen molar-refractivity contribution in [3.63, 3.8) is 0 Å². The van der Waals surface area contributed by atoms with Crippen molar-refractivity contribution in [1.29, 1.82) is 0 Å². The lowest BCUT2D eigenvalue weighted by Gasteiger charge is -2.49. The highest BCUT2D eigenvalue weighted by atomic mass is 32.2. The monoisotopic (exact) mass is 476 g/mol. The molecule has 32 heavy (non-hydrogen) atoms. The van der Waals surface area contributed by atoms with Crippen molar-refractivity contribution in [3.8, 4) is 5.75 Å². The van der Waals surface area contributed by atoms with Gasteiger partial charge in [0.1, 0.15) is 10.6 Å². The predicted octanol–water partition coefficient (Wildman–Crippen LogP) is 4.84. The molecule has 1 aliphatic heterocycles. The molecular formula is C22H21F5O4S. The molecule has 4 rings (SSSR count). The van der Waals surface area contributed by atoms with E-state index < -0.39 is 60.1 Å². The van der Waals surface area contributed by atoms with Crippen molar-refractivity contribution in [1.82, 2.24) is 0 Å². The Bertz CT molecular complexity index is 1110. The highest BCUT2D eigenvalue weighted by Crippen LogP contribution is 2.57. The fourth-order valence-corrected chi connectivity index (χ4v) is 7.45. The van der Waals surface area contributed by atoms with E-state index in [1.807, 2.05) is 0 Å². The summed E-state index contributed by atoms with van der Waals surface area (Å²) in [6.07, 6.45) is -3.68. The van der Waals surface area contributed by atoms with Gasteiger partial charge in [-0.15, -0.1) is 0 Å². The van der Waals surface area contributed by atoms with Crippen molar-refractivity contribution in [2.45, 2.75) is 41.5 Å². The summed E-state index contributed by atoms with van der Waals surface area (Å²) < 4.78 is 99.9. The highest BCUT2D eigenvalue weighted by molar-refractivity contribution is 7.92. The van der Waals surface area contributed by atoms with Gasteiger partial charge in [-0.1, -0.05) is 0 Å². The van der Waals surface area contributed by atoms with Crippen LogP contribution in [-0.2, 0) is 20.8 Å². The van der Waals surface area contributed by atoms with Gasteiger partial charge in [-0.05, 0) is 68.0 Å². The summed E-state index contributed by atoms with van der Waals surface area (Å²) in [6, 6.07) is 4.73. The average molecular weight is 476 g/mol. The third-order valence-corrected chi connectivity index (χ3v) is 9.21. The fourth-order valence-electron chi connectivity index (χ4n) is 5.08. The standard InChI is InChI=1S/C22H21F5O4S/c23-17-5-6-18(24)20-19(17)21(9-7-13(8-10-28)11-15(21)12-31-20)32(29,30)16-3-1-14(2-4-16)22(25,26)27/h1-6,13,15,28H,7-12H2/t13-,15+,21-/m0/s1. The number of sulfone groups is 1. The molecule has 0 aromatic heterocycles. The summed E-state index contributed by atoms with van der Waals surface area (Å²) in [5.41, 5.74) is -1.42. The lowest BCUT2D eigenvalue weighted by molar-refractivity contribution is -0.137. The third-order valence-electron chi connectivity index (χ3n) is 6.62. The molecular weight excluding hydrogens is 455 g/mol. The van der Waals surface area contributed by atoms with Crippen molar-refractivity contribution >= 4 is 9.84 Å². The molecule has 0 unspecified atom stereocenters. The Hall–Kier alpha value is -2.20. The van der Waals surface area contributed by atoms with Gasteiger partial charge in [0.2, 0.25) is 0 Å². The molecule has 4 nitrogen and oxygen atoms in total. The van der Waals surface area contributed by atoms with E-state index in [1.165, 1.54) is 0 Å².